The largest absolute Gasteiger partial charge is 0.461 e. The molecule has 0 aliphatic carbocycles. The number of carbonyl (C=O) groups excluding carboxylic acids is 3. The molecule has 2 aromatic rings. The average molecular weight is 365 g/mol. The first-order valence-electron chi connectivity index (χ1n) is 7.53. The number of rotatable bonds is 6. The van der Waals surface area contributed by atoms with Crippen LogP contribution in [0.5, 0.6) is 0 Å². The van der Waals surface area contributed by atoms with Crippen LogP contribution >= 0.6 is 11.6 Å². The van der Waals surface area contributed by atoms with Crippen molar-refractivity contribution in [3.05, 3.63) is 51.6 Å². The van der Waals surface area contributed by atoms with Crippen LogP contribution in [0.25, 0.3) is 0 Å². The van der Waals surface area contributed by atoms with Gasteiger partial charge < -0.3 is 14.5 Å². The third kappa shape index (κ3) is 4.24. The highest BCUT2D eigenvalue weighted by atomic mass is 35.5. The molecule has 0 saturated heterocycles. The molecule has 132 valence electrons. The van der Waals surface area contributed by atoms with Gasteiger partial charge in [-0.25, -0.2) is 14.6 Å². The van der Waals surface area contributed by atoms with E-state index in [1.807, 2.05) is 0 Å². The maximum Gasteiger partial charge on any atom is 0.355 e. The predicted molar refractivity (Wildman–Crippen MR) is 90.1 cm³/mol. The molecule has 0 aliphatic heterocycles. The lowest BCUT2D eigenvalue weighted by Gasteiger charge is -2.05. The van der Waals surface area contributed by atoms with Gasteiger partial charge in [-0.3, -0.25) is 4.79 Å². The van der Waals surface area contributed by atoms with Gasteiger partial charge >= 0.3 is 11.9 Å². The van der Waals surface area contributed by atoms with Crippen LogP contribution in [0.3, 0.4) is 0 Å². The summed E-state index contributed by atoms with van der Waals surface area (Å²) in [6, 6.07) is 2.78. The van der Waals surface area contributed by atoms with Crippen LogP contribution in [-0.2, 0) is 9.47 Å². The van der Waals surface area contributed by atoms with Crippen molar-refractivity contribution >= 4 is 29.3 Å². The Morgan fingerprint density at radius 3 is 2.56 bits per heavy atom. The summed E-state index contributed by atoms with van der Waals surface area (Å²) < 4.78 is 9.96. The Kier molecular flexibility index (Phi) is 5.93. The number of aromatic nitrogens is 2. The highest BCUT2D eigenvalue weighted by molar-refractivity contribution is 6.29. The third-order valence-electron chi connectivity index (χ3n) is 3.49. The Balaban J connectivity index is 2.11. The van der Waals surface area contributed by atoms with Crippen LogP contribution in [0.4, 0.5) is 0 Å². The first kappa shape index (κ1) is 18.7. The summed E-state index contributed by atoms with van der Waals surface area (Å²) >= 11 is 5.71. The second kappa shape index (κ2) is 7.94. The number of carbonyl (C=O) groups is 3. The number of nitrogens with zero attached hydrogens (tertiary/aromatic N) is 1. The summed E-state index contributed by atoms with van der Waals surface area (Å²) in [6.07, 6.45) is 1.37. The third-order valence-corrected chi connectivity index (χ3v) is 3.70. The molecular formula is C17H17ClN2O5. The number of aromatic amines is 1. The fraction of sp³-hybridized carbons (Fsp3) is 0.294. The Morgan fingerprint density at radius 1 is 1.20 bits per heavy atom. The number of esters is 2. The summed E-state index contributed by atoms with van der Waals surface area (Å²) in [5, 5.41) is 0.150. The number of H-pyrrole nitrogens is 1. The maximum atomic E-state index is 12.4. The van der Waals surface area contributed by atoms with E-state index in [1.54, 1.807) is 20.8 Å². The summed E-state index contributed by atoms with van der Waals surface area (Å²) in [6.45, 7) is 4.76. The van der Waals surface area contributed by atoms with E-state index < -0.39 is 24.3 Å². The number of pyridine rings is 1. The van der Waals surface area contributed by atoms with Crippen LogP contribution in [0.1, 0.15) is 49.4 Å². The second-order valence-corrected chi connectivity index (χ2v) is 5.60. The molecule has 1 N–H and O–H groups in total. The average Bonchev–Trinajstić information content (AvgIpc) is 2.87. The van der Waals surface area contributed by atoms with Gasteiger partial charge in [0.15, 0.2) is 6.61 Å². The lowest BCUT2D eigenvalue weighted by Crippen LogP contribution is -2.15. The molecule has 0 amide bonds. The molecule has 25 heavy (non-hydrogen) atoms. The topological polar surface area (TPSA) is 98.4 Å². The van der Waals surface area contributed by atoms with Crippen molar-refractivity contribution in [3.8, 4) is 0 Å². The van der Waals surface area contributed by atoms with Gasteiger partial charge in [0.2, 0.25) is 5.78 Å². The minimum atomic E-state index is -0.686. The lowest BCUT2D eigenvalue weighted by atomic mass is 10.1. The standard InChI is InChI=1S/C17H17ClN2O5/c1-4-24-17(23)15-9(2)14(10(3)20-15)12(21)8-25-16(22)11-5-6-19-13(18)7-11/h5-7,20H,4,8H2,1-3H3. The molecule has 0 fully saturated rings. The molecule has 0 radical (unpaired) electrons. The van der Waals surface area contributed by atoms with E-state index in [-0.39, 0.29) is 23.0 Å². The summed E-state index contributed by atoms with van der Waals surface area (Å²) in [4.78, 5) is 42.8. The van der Waals surface area contributed by atoms with Crippen molar-refractivity contribution in [3.63, 3.8) is 0 Å². The van der Waals surface area contributed by atoms with Crippen molar-refractivity contribution < 1.29 is 23.9 Å². The van der Waals surface area contributed by atoms with Crippen LogP contribution in [0.15, 0.2) is 18.3 Å². The zero-order valence-corrected chi connectivity index (χ0v) is 14.8. The van der Waals surface area contributed by atoms with Gasteiger partial charge in [-0.05, 0) is 38.5 Å². The smallest absolute Gasteiger partial charge is 0.355 e. The fourth-order valence-corrected chi connectivity index (χ4v) is 2.57. The van der Waals surface area contributed by atoms with Gasteiger partial charge in [0.05, 0.1) is 12.2 Å². The zero-order chi connectivity index (χ0) is 18.6. The second-order valence-electron chi connectivity index (χ2n) is 5.21. The Morgan fingerprint density at radius 2 is 1.92 bits per heavy atom. The molecular weight excluding hydrogens is 348 g/mol. The number of ether oxygens (including phenoxy) is 2. The van der Waals surface area contributed by atoms with Gasteiger partial charge in [0.25, 0.3) is 0 Å². The maximum absolute atomic E-state index is 12.4. The Bertz CT molecular complexity index is 828. The van der Waals surface area contributed by atoms with E-state index in [9.17, 15) is 14.4 Å². The van der Waals surface area contributed by atoms with Crippen molar-refractivity contribution in [2.45, 2.75) is 20.8 Å². The van der Waals surface area contributed by atoms with Crippen LogP contribution < -0.4 is 0 Å². The number of hydrogen-bond acceptors (Lipinski definition) is 6. The molecule has 0 atom stereocenters. The van der Waals surface area contributed by atoms with E-state index >= 15 is 0 Å². The van der Waals surface area contributed by atoms with Crippen molar-refractivity contribution in [2.75, 3.05) is 13.2 Å². The van der Waals surface area contributed by atoms with Gasteiger partial charge in [-0.2, -0.15) is 0 Å². The SMILES string of the molecule is CCOC(=O)c1[nH]c(C)c(C(=O)COC(=O)c2ccnc(Cl)c2)c1C. The van der Waals surface area contributed by atoms with Gasteiger partial charge in [-0.1, -0.05) is 11.6 Å². The highest BCUT2D eigenvalue weighted by Crippen LogP contribution is 2.20. The minimum absolute atomic E-state index is 0.150. The summed E-state index contributed by atoms with van der Waals surface area (Å²) in [5.41, 5.74) is 1.69. The molecule has 0 saturated carbocycles. The molecule has 0 unspecified atom stereocenters. The molecule has 2 rings (SSSR count). The van der Waals surface area contributed by atoms with Crippen molar-refractivity contribution in [1.29, 1.82) is 0 Å². The Hall–Kier alpha value is -2.67. The van der Waals surface area contributed by atoms with Crippen LogP contribution in [0.2, 0.25) is 5.15 Å². The van der Waals surface area contributed by atoms with Crippen LogP contribution in [0, 0.1) is 13.8 Å². The molecule has 2 heterocycles. The monoisotopic (exact) mass is 364 g/mol. The molecule has 0 bridgehead atoms. The number of nitrogens with one attached hydrogen (secondary N) is 1. The predicted octanol–water partition coefficient (Wildman–Crippen LogP) is 2.90. The van der Waals surface area contributed by atoms with E-state index in [2.05, 4.69) is 9.97 Å². The van der Waals surface area contributed by atoms with E-state index in [0.29, 0.717) is 16.8 Å². The molecule has 0 aliphatic rings. The number of ketones is 1. The van der Waals surface area contributed by atoms with E-state index in [4.69, 9.17) is 21.1 Å². The molecule has 0 aromatic carbocycles. The number of halogens is 1. The summed E-state index contributed by atoms with van der Waals surface area (Å²) in [7, 11) is 0. The van der Waals surface area contributed by atoms with Gasteiger partial charge in [0.1, 0.15) is 10.8 Å². The van der Waals surface area contributed by atoms with Gasteiger partial charge in [-0.15, -0.1) is 0 Å². The van der Waals surface area contributed by atoms with E-state index in [1.165, 1.54) is 18.3 Å². The fourth-order valence-electron chi connectivity index (χ4n) is 2.39. The number of aryl methyl sites for hydroxylation is 1. The van der Waals surface area contributed by atoms with Crippen LogP contribution in [-0.4, -0.2) is 40.9 Å². The first-order valence-corrected chi connectivity index (χ1v) is 7.91. The van der Waals surface area contributed by atoms with Crippen molar-refractivity contribution in [1.82, 2.24) is 9.97 Å². The minimum Gasteiger partial charge on any atom is -0.461 e. The molecule has 2 aromatic heterocycles. The first-order chi connectivity index (χ1) is 11.8. The quantitative estimate of drug-likeness (QED) is 0.480. The van der Waals surface area contributed by atoms with Gasteiger partial charge in [0, 0.05) is 17.5 Å². The van der Waals surface area contributed by atoms with E-state index in [0.717, 1.165) is 0 Å². The molecule has 0 spiro atoms. The highest BCUT2D eigenvalue weighted by Gasteiger charge is 2.23. The molecule has 8 heteroatoms. The molecule has 7 nitrogen and oxygen atoms in total. The lowest BCUT2D eigenvalue weighted by molar-refractivity contribution is 0.0473. The number of Topliss-reactive ketones (excluding diaryl/α,β-unsaturated/α-hetero) is 1. The summed E-state index contributed by atoms with van der Waals surface area (Å²) in [5.74, 6) is -1.64. The normalized spacial score (nSPS) is 10.4. The Labute approximate surface area is 149 Å². The number of hydrogen-bond donors (Lipinski definition) is 1. The van der Waals surface area contributed by atoms with Crippen molar-refractivity contribution in [2.24, 2.45) is 0 Å². The zero-order valence-electron chi connectivity index (χ0n) is 14.0.